The zero-order chi connectivity index (χ0) is 31.2. The second-order valence-electron chi connectivity index (χ2n) is 7.96. The molecule has 23 heteroatoms. The topological polar surface area (TPSA) is 12.5 Å². The van der Waals surface area contributed by atoms with Gasteiger partial charge in [-0.3, -0.25) is 0 Å². The second kappa shape index (κ2) is 8.46. The molecule has 1 rings (SSSR count). The van der Waals surface area contributed by atoms with Gasteiger partial charge >= 0.3 is 59.5 Å². The van der Waals surface area contributed by atoms with Crippen molar-refractivity contribution in [1.29, 1.82) is 0 Å². The van der Waals surface area contributed by atoms with E-state index >= 15 is 0 Å². The highest BCUT2D eigenvalue weighted by Crippen LogP contribution is 2.67. The number of rotatable bonds is 11. The molecule has 0 aromatic heterocycles. The van der Waals surface area contributed by atoms with Crippen LogP contribution in [0.15, 0.2) is 0 Å². The predicted molar refractivity (Wildman–Crippen MR) is 74.4 cm³/mol. The number of halogens is 22. The molecule has 1 saturated heterocycles. The van der Waals surface area contributed by atoms with Gasteiger partial charge in [0.1, 0.15) is 0 Å². The fraction of sp³-hybridized carbons (Fsp3) is 1.00. The van der Waals surface area contributed by atoms with Gasteiger partial charge in [0.25, 0.3) is 5.67 Å². The molecule has 0 aromatic carbocycles. The van der Waals surface area contributed by atoms with Gasteiger partial charge in [-0.15, -0.1) is 0 Å². The maximum absolute atomic E-state index is 13.7. The van der Waals surface area contributed by atoms with Crippen molar-refractivity contribution in [2.45, 2.75) is 84.6 Å². The van der Waals surface area contributed by atoms with Crippen LogP contribution in [0.2, 0.25) is 0 Å². The monoisotopic (exact) mass is 622 g/mol. The maximum Gasteiger partial charge on any atom is 0.428 e. The molecule has 2 unspecified atom stereocenters. The van der Waals surface area contributed by atoms with Crippen molar-refractivity contribution in [1.82, 2.24) is 0 Å². The Bertz CT molecular complexity index is 878. The van der Waals surface area contributed by atoms with E-state index in [1.165, 1.54) is 0 Å². The number of hydrogen-bond acceptors (Lipinski definition) is 1. The molecule has 1 nitrogen and oxygen atoms in total. The highest BCUT2D eigenvalue weighted by Gasteiger charge is 2.98. The van der Waals surface area contributed by atoms with E-state index in [1.807, 2.05) is 0 Å². The Morgan fingerprint density at radius 3 is 0.921 bits per heavy atom. The molecule has 1 fully saturated rings. The van der Waals surface area contributed by atoms with Gasteiger partial charge < -0.3 is 4.74 Å². The molecule has 0 radical (unpaired) electrons. The van der Waals surface area contributed by atoms with Gasteiger partial charge in [-0.2, -0.15) is 92.2 Å². The first-order chi connectivity index (χ1) is 16.1. The summed E-state index contributed by atoms with van der Waals surface area (Å²) in [5.41, 5.74) is -7.05. The van der Waals surface area contributed by atoms with E-state index in [0.717, 1.165) is 0 Å². The highest BCUT2D eigenvalue weighted by atomic mass is 19.4. The van der Waals surface area contributed by atoms with Gasteiger partial charge in [-0.25, -0.2) is 4.39 Å². The first-order valence-electron chi connectivity index (χ1n) is 8.85. The lowest BCUT2D eigenvalue weighted by molar-refractivity contribution is -0.470. The third-order valence-electron chi connectivity index (χ3n) is 5.23. The Morgan fingerprint density at radius 1 is 0.447 bits per heavy atom. The SMILES string of the molecule is CC(F)(C(F)(F)F)C(F)(F)C(F)(F)C(F)(F)C(F)(F)C(F)(F)C(F)(F)C(F)(F)C(F)(F)C(F)(F)CC1CO1. The van der Waals surface area contributed by atoms with Crippen LogP contribution in [-0.2, 0) is 4.74 Å². The van der Waals surface area contributed by atoms with Gasteiger partial charge in [0, 0.05) is 6.42 Å². The molecule has 1 aliphatic heterocycles. The van der Waals surface area contributed by atoms with Gasteiger partial charge in [0.2, 0.25) is 0 Å². The molecule has 0 amide bonds. The summed E-state index contributed by atoms with van der Waals surface area (Å²) in [6, 6.07) is 0. The molecule has 0 bridgehead atoms. The van der Waals surface area contributed by atoms with E-state index in [2.05, 4.69) is 4.74 Å². The van der Waals surface area contributed by atoms with E-state index in [-0.39, 0.29) is 0 Å². The Hall–Kier alpha value is -1.58. The predicted octanol–water partition coefficient (Wildman–Crippen LogP) is 7.78. The lowest BCUT2D eigenvalue weighted by Gasteiger charge is -2.45. The van der Waals surface area contributed by atoms with E-state index < -0.39 is 91.2 Å². The smallest absolute Gasteiger partial charge is 0.373 e. The zero-order valence-electron chi connectivity index (χ0n) is 17.2. The van der Waals surface area contributed by atoms with Gasteiger partial charge in [0.15, 0.2) is 0 Å². The van der Waals surface area contributed by atoms with E-state index in [1.54, 1.807) is 0 Å². The van der Waals surface area contributed by atoms with Crippen LogP contribution in [0.1, 0.15) is 13.3 Å². The molecule has 38 heavy (non-hydrogen) atoms. The lowest BCUT2D eigenvalue weighted by Crippen LogP contribution is -2.77. The molecule has 1 heterocycles. The standard InChI is InChI=1S/C15H8F22O/c1-5(16,15(35,36)37)7(19,20)9(23,24)11(27,28)13(31,32)14(33,34)12(29,30)10(25,26)8(21,22)6(17,18)2-4-3-38-4/h4H,2-3H2,1H3. The van der Waals surface area contributed by atoms with Crippen molar-refractivity contribution in [3.05, 3.63) is 0 Å². The van der Waals surface area contributed by atoms with Gasteiger partial charge in [0.05, 0.1) is 12.7 Å². The minimum absolute atomic E-state index is 0.942. The molecular formula is C15H8F22O. The average molecular weight is 622 g/mol. The highest BCUT2D eigenvalue weighted by molar-refractivity contribution is 5.19. The van der Waals surface area contributed by atoms with Crippen molar-refractivity contribution in [3.63, 3.8) is 0 Å². The summed E-state index contributed by atoms with van der Waals surface area (Å²) in [5, 5.41) is 0. The van der Waals surface area contributed by atoms with Crippen molar-refractivity contribution >= 4 is 0 Å². The van der Waals surface area contributed by atoms with Crippen molar-refractivity contribution in [3.8, 4) is 0 Å². The summed E-state index contributed by atoms with van der Waals surface area (Å²) in [4.78, 5) is 0. The normalized spacial score (nSPS) is 21.4. The van der Waals surface area contributed by atoms with E-state index in [9.17, 15) is 96.6 Å². The van der Waals surface area contributed by atoms with Crippen LogP contribution in [0.5, 0.6) is 0 Å². The van der Waals surface area contributed by atoms with Crippen LogP contribution in [0.4, 0.5) is 96.6 Å². The molecular weight excluding hydrogens is 614 g/mol. The molecule has 0 saturated carbocycles. The maximum atomic E-state index is 13.7. The molecule has 2 atom stereocenters. The van der Waals surface area contributed by atoms with Gasteiger partial charge in [-0.05, 0) is 6.92 Å². The van der Waals surface area contributed by atoms with Crippen LogP contribution in [0.3, 0.4) is 0 Å². The fourth-order valence-corrected chi connectivity index (χ4v) is 2.49. The summed E-state index contributed by atoms with van der Waals surface area (Å²) >= 11 is 0. The van der Waals surface area contributed by atoms with Crippen LogP contribution in [0.25, 0.3) is 0 Å². The summed E-state index contributed by atoms with van der Waals surface area (Å²) in [5.74, 6) is -76.7. The largest absolute Gasteiger partial charge is 0.428 e. The minimum atomic E-state index is -9.20. The molecule has 0 aliphatic carbocycles. The van der Waals surface area contributed by atoms with E-state index in [4.69, 9.17) is 0 Å². The molecule has 0 spiro atoms. The Kier molecular flexibility index (Phi) is 7.67. The summed E-state index contributed by atoms with van der Waals surface area (Å²) in [6.45, 7) is -2.68. The molecule has 1 aliphatic rings. The number of epoxide rings is 1. The van der Waals surface area contributed by atoms with Crippen LogP contribution in [-0.4, -0.2) is 77.9 Å². The van der Waals surface area contributed by atoms with Crippen LogP contribution < -0.4 is 0 Å². The summed E-state index contributed by atoms with van der Waals surface area (Å²) in [7, 11) is 0. The van der Waals surface area contributed by atoms with Crippen LogP contribution in [0, 0.1) is 0 Å². The van der Waals surface area contributed by atoms with Gasteiger partial charge in [-0.1, -0.05) is 0 Å². The third kappa shape index (κ3) is 4.14. The average Bonchev–Trinajstić information content (AvgIpc) is 3.48. The molecule has 228 valence electrons. The number of alkyl halides is 22. The van der Waals surface area contributed by atoms with Crippen molar-refractivity contribution in [2.75, 3.05) is 6.61 Å². The Morgan fingerprint density at radius 2 is 0.684 bits per heavy atom. The minimum Gasteiger partial charge on any atom is -0.373 e. The van der Waals surface area contributed by atoms with Crippen LogP contribution >= 0.6 is 0 Å². The van der Waals surface area contributed by atoms with Crippen molar-refractivity contribution in [2.24, 2.45) is 0 Å². The number of ether oxygens (including phenoxy) is 1. The fourth-order valence-electron chi connectivity index (χ4n) is 2.49. The lowest BCUT2D eigenvalue weighted by atomic mass is 9.83. The Balaban J connectivity index is 3.75. The second-order valence-corrected chi connectivity index (χ2v) is 7.96. The Labute approximate surface area is 194 Å². The molecule has 0 N–H and O–H groups in total. The molecule has 0 aromatic rings. The zero-order valence-corrected chi connectivity index (χ0v) is 17.2. The first kappa shape index (κ1) is 34.4. The summed E-state index contributed by atoms with van der Waals surface area (Å²) in [6.07, 6.45) is -12.2. The first-order valence-corrected chi connectivity index (χ1v) is 8.85. The summed E-state index contributed by atoms with van der Waals surface area (Å²) < 4.78 is 298. The quantitative estimate of drug-likeness (QED) is 0.170. The van der Waals surface area contributed by atoms with E-state index in [0.29, 0.717) is 0 Å². The third-order valence-corrected chi connectivity index (χ3v) is 5.23. The van der Waals surface area contributed by atoms with Crippen molar-refractivity contribution < 1.29 is 101 Å². The number of hydrogen-bond donors (Lipinski definition) is 0.